The SMILES string of the molecule is Fc1cccc(CC(Br)c2cccc(F)c2Br)c1. The molecule has 0 spiro atoms. The summed E-state index contributed by atoms with van der Waals surface area (Å²) in [6.07, 6.45) is 0.597. The first-order valence-corrected chi connectivity index (χ1v) is 7.11. The second-order valence-electron chi connectivity index (χ2n) is 3.94. The van der Waals surface area contributed by atoms with E-state index >= 15 is 0 Å². The van der Waals surface area contributed by atoms with E-state index in [1.54, 1.807) is 12.1 Å². The van der Waals surface area contributed by atoms with Gasteiger partial charge < -0.3 is 0 Å². The van der Waals surface area contributed by atoms with Crippen LogP contribution in [0.3, 0.4) is 0 Å². The minimum absolute atomic E-state index is 0.0654. The molecule has 94 valence electrons. The number of benzene rings is 2. The molecule has 0 amide bonds. The van der Waals surface area contributed by atoms with Crippen molar-refractivity contribution in [3.05, 3.63) is 69.7 Å². The van der Waals surface area contributed by atoms with Crippen LogP contribution in [0.25, 0.3) is 0 Å². The van der Waals surface area contributed by atoms with Gasteiger partial charge in [0, 0.05) is 4.83 Å². The zero-order chi connectivity index (χ0) is 13.1. The number of alkyl halides is 1. The molecule has 0 aliphatic carbocycles. The van der Waals surface area contributed by atoms with Crippen LogP contribution in [-0.2, 0) is 6.42 Å². The van der Waals surface area contributed by atoms with Gasteiger partial charge in [0.2, 0.25) is 0 Å². The summed E-state index contributed by atoms with van der Waals surface area (Å²) < 4.78 is 26.9. The standard InChI is InChI=1S/C14H10Br2F2/c15-12(8-9-3-1-4-10(17)7-9)11-5-2-6-13(18)14(11)16/h1-7,12H,8H2. The molecule has 18 heavy (non-hydrogen) atoms. The van der Waals surface area contributed by atoms with Crippen molar-refractivity contribution >= 4 is 31.9 Å². The van der Waals surface area contributed by atoms with Crippen LogP contribution in [0.4, 0.5) is 8.78 Å². The average molecular weight is 376 g/mol. The Morgan fingerprint density at radius 1 is 1.06 bits per heavy atom. The highest BCUT2D eigenvalue weighted by molar-refractivity contribution is 9.11. The van der Waals surface area contributed by atoms with Gasteiger partial charge in [0.15, 0.2) is 0 Å². The quantitative estimate of drug-likeness (QED) is 0.629. The molecule has 2 aromatic rings. The topological polar surface area (TPSA) is 0 Å². The van der Waals surface area contributed by atoms with Gasteiger partial charge in [-0.1, -0.05) is 40.2 Å². The molecule has 2 aromatic carbocycles. The van der Waals surface area contributed by atoms with Gasteiger partial charge in [-0.15, -0.1) is 0 Å². The zero-order valence-corrected chi connectivity index (χ0v) is 12.5. The fourth-order valence-corrected chi connectivity index (χ4v) is 3.35. The summed E-state index contributed by atoms with van der Waals surface area (Å²) in [5.74, 6) is -0.554. The van der Waals surface area contributed by atoms with Gasteiger partial charge in [-0.2, -0.15) is 0 Å². The van der Waals surface area contributed by atoms with Crippen molar-refractivity contribution in [1.82, 2.24) is 0 Å². The maximum atomic E-state index is 13.4. The van der Waals surface area contributed by atoms with Crippen LogP contribution in [0.15, 0.2) is 46.9 Å². The van der Waals surface area contributed by atoms with Crippen molar-refractivity contribution in [2.45, 2.75) is 11.2 Å². The highest BCUT2D eigenvalue weighted by atomic mass is 79.9. The maximum Gasteiger partial charge on any atom is 0.137 e. The van der Waals surface area contributed by atoms with E-state index in [0.717, 1.165) is 11.1 Å². The normalized spacial score (nSPS) is 12.4. The van der Waals surface area contributed by atoms with Crippen molar-refractivity contribution in [3.8, 4) is 0 Å². The molecule has 1 atom stereocenters. The van der Waals surface area contributed by atoms with Gasteiger partial charge in [-0.05, 0) is 51.7 Å². The molecule has 1 unspecified atom stereocenters. The molecule has 0 aromatic heterocycles. The van der Waals surface area contributed by atoms with Crippen LogP contribution >= 0.6 is 31.9 Å². The number of rotatable bonds is 3. The Morgan fingerprint density at radius 2 is 1.78 bits per heavy atom. The third kappa shape index (κ3) is 3.18. The molecule has 0 bridgehead atoms. The first-order chi connectivity index (χ1) is 8.58. The van der Waals surface area contributed by atoms with Crippen molar-refractivity contribution in [2.75, 3.05) is 0 Å². The van der Waals surface area contributed by atoms with E-state index in [0.29, 0.717) is 10.9 Å². The second kappa shape index (κ2) is 5.93. The Hall–Kier alpha value is -0.740. The van der Waals surface area contributed by atoms with E-state index in [4.69, 9.17) is 0 Å². The summed E-state index contributed by atoms with van der Waals surface area (Å²) in [6.45, 7) is 0. The summed E-state index contributed by atoms with van der Waals surface area (Å²) in [5, 5.41) is 0. The van der Waals surface area contributed by atoms with Crippen LogP contribution in [0, 0.1) is 11.6 Å². The molecule has 0 saturated heterocycles. The number of hydrogen-bond acceptors (Lipinski definition) is 0. The Balaban J connectivity index is 2.22. The summed E-state index contributed by atoms with van der Waals surface area (Å²) in [6, 6.07) is 11.3. The van der Waals surface area contributed by atoms with Gasteiger partial charge in [0.05, 0.1) is 4.47 Å². The Bertz CT molecular complexity index is 555. The lowest BCUT2D eigenvalue weighted by molar-refractivity contribution is 0.616. The van der Waals surface area contributed by atoms with Crippen molar-refractivity contribution < 1.29 is 8.78 Å². The highest BCUT2D eigenvalue weighted by Gasteiger charge is 2.14. The first-order valence-electron chi connectivity index (χ1n) is 5.40. The average Bonchev–Trinajstić information content (AvgIpc) is 2.32. The predicted octanol–water partition coefficient (Wildman–Crippen LogP) is 5.41. The number of hydrogen-bond donors (Lipinski definition) is 0. The molecule has 0 aliphatic rings. The summed E-state index contributed by atoms with van der Waals surface area (Å²) in [4.78, 5) is -0.0654. The van der Waals surface area contributed by atoms with E-state index in [1.807, 2.05) is 12.1 Å². The molecular weight excluding hydrogens is 366 g/mol. The van der Waals surface area contributed by atoms with E-state index in [1.165, 1.54) is 18.2 Å². The Morgan fingerprint density at radius 3 is 2.50 bits per heavy atom. The molecule has 0 nitrogen and oxygen atoms in total. The Labute approximate surface area is 121 Å². The minimum Gasteiger partial charge on any atom is -0.207 e. The third-order valence-corrected chi connectivity index (χ3v) is 4.28. The largest absolute Gasteiger partial charge is 0.207 e. The van der Waals surface area contributed by atoms with Crippen LogP contribution in [0.2, 0.25) is 0 Å². The molecule has 0 fully saturated rings. The van der Waals surface area contributed by atoms with Crippen LogP contribution in [0.5, 0.6) is 0 Å². The Kier molecular flexibility index (Phi) is 4.51. The van der Waals surface area contributed by atoms with Gasteiger partial charge >= 0.3 is 0 Å². The van der Waals surface area contributed by atoms with E-state index < -0.39 is 0 Å². The second-order valence-corrected chi connectivity index (χ2v) is 5.84. The van der Waals surface area contributed by atoms with Crippen molar-refractivity contribution in [1.29, 1.82) is 0 Å². The van der Waals surface area contributed by atoms with Crippen LogP contribution in [-0.4, -0.2) is 0 Å². The van der Waals surface area contributed by atoms with Crippen LogP contribution in [0.1, 0.15) is 16.0 Å². The molecule has 0 radical (unpaired) electrons. The monoisotopic (exact) mass is 374 g/mol. The van der Waals surface area contributed by atoms with E-state index in [-0.39, 0.29) is 16.5 Å². The molecule has 4 heteroatoms. The molecule has 0 aliphatic heterocycles. The number of halogens is 4. The minimum atomic E-state index is -0.295. The van der Waals surface area contributed by atoms with Gasteiger partial charge in [-0.25, -0.2) is 8.78 Å². The highest BCUT2D eigenvalue weighted by Crippen LogP contribution is 2.33. The molecule has 0 saturated carbocycles. The zero-order valence-electron chi connectivity index (χ0n) is 9.34. The molecule has 0 heterocycles. The fraction of sp³-hybridized carbons (Fsp3) is 0.143. The lowest BCUT2D eigenvalue weighted by Crippen LogP contribution is -1.98. The lowest BCUT2D eigenvalue weighted by Gasteiger charge is -2.12. The van der Waals surface area contributed by atoms with E-state index in [2.05, 4.69) is 31.9 Å². The first kappa shape index (κ1) is 13.7. The predicted molar refractivity (Wildman–Crippen MR) is 75.9 cm³/mol. The van der Waals surface area contributed by atoms with Gasteiger partial charge in [0.25, 0.3) is 0 Å². The van der Waals surface area contributed by atoms with Gasteiger partial charge in [0.1, 0.15) is 11.6 Å². The smallest absolute Gasteiger partial charge is 0.137 e. The molecular formula is C14H10Br2F2. The van der Waals surface area contributed by atoms with Gasteiger partial charge in [-0.3, -0.25) is 0 Å². The summed E-state index contributed by atoms with van der Waals surface area (Å²) in [7, 11) is 0. The molecule has 2 rings (SSSR count). The fourth-order valence-electron chi connectivity index (χ4n) is 1.74. The van der Waals surface area contributed by atoms with Crippen molar-refractivity contribution in [2.24, 2.45) is 0 Å². The summed E-state index contributed by atoms with van der Waals surface area (Å²) >= 11 is 6.74. The third-order valence-electron chi connectivity index (χ3n) is 2.62. The maximum absolute atomic E-state index is 13.4. The summed E-state index contributed by atoms with van der Waals surface area (Å²) in [5.41, 5.74) is 1.69. The lowest BCUT2D eigenvalue weighted by atomic mass is 10.0. The molecule has 0 N–H and O–H groups in total. The van der Waals surface area contributed by atoms with Crippen molar-refractivity contribution in [3.63, 3.8) is 0 Å². The van der Waals surface area contributed by atoms with E-state index in [9.17, 15) is 8.78 Å². The van der Waals surface area contributed by atoms with Crippen LogP contribution < -0.4 is 0 Å².